The molecule has 6 heterocycles. The zero-order chi connectivity index (χ0) is 29.7. The predicted octanol–water partition coefficient (Wildman–Crippen LogP) is 7.38. The second kappa shape index (κ2) is 7.92. The van der Waals surface area contributed by atoms with Gasteiger partial charge in [0.15, 0.2) is 5.82 Å². The lowest BCUT2D eigenvalue weighted by Gasteiger charge is -2.32. The summed E-state index contributed by atoms with van der Waals surface area (Å²) in [5.74, 6) is 2.61. The molecule has 0 radical (unpaired) electrons. The van der Waals surface area contributed by atoms with Crippen LogP contribution < -0.4 is 16.4 Å². The Morgan fingerprint density at radius 1 is 0.478 bits per heavy atom. The normalized spacial score (nSPS) is 13.2. The predicted molar refractivity (Wildman–Crippen MR) is 188 cm³/mol. The molecule has 0 atom stereocenters. The van der Waals surface area contributed by atoms with Crippen molar-refractivity contribution in [2.24, 2.45) is 0 Å². The average molecular weight is 584 g/mol. The maximum atomic E-state index is 6.18. The van der Waals surface area contributed by atoms with Crippen molar-refractivity contribution < 1.29 is 4.42 Å². The van der Waals surface area contributed by atoms with Crippen LogP contribution in [0.1, 0.15) is 0 Å². The highest BCUT2D eigenvalue weighted by atomic mass is 16.3. The molecule has 0 aliphatic carbocycles. The standard InChI is InChI=1S/C40H21BN4O/c1-4-16-31-23(9-1)26-12-7-14-29-36(26)44(31)39-35-40(45-32-17-5-2-10-24(32)27-13-8-15-30(37(27)45)41(29)35)43-38(42-39)22-19-20-34-28(21-22)25-11-3-6-18-33(25)46-34/h1-21H. The van der Waals surface area contributed by atoms with Crippen molar-refractivity contribution >= 4 is 88.7 Å². The summed E-state index contributed by atoms with van der Waals surface area (Å²) in [5, 5.41) is 7.15. The van der Waals surface area contributed by atoms with Crippen LogP contribution in [0.5, 0.6) is 0 Å². The molecule has 2 aliphatic heterocycles. The van der Waals surface area contributed by atoms with Crippen molar-refractivity contribution in [1.82, 2.24) is 19.1 Å². The van der Waals surface area contributed by atoms with E-state index in [0.717, 1.165) is 55.6 Å². The van der Waals surface area contributed by atoms with Gasteiger partial charge in [0.2, 0.25) is 0 Å². The van der Waals surface area contributed by atoms with Gasteiger partial charge in [-0.05, 0) is 47.3 Å². The third kappa shape index (κ3) is 2.63. The van der Waals surface area contributed by atoms with Crippen molar-refractivity contribution in [3.8, 4) is 23.0 Å². The number of hydrogen-bond donors (Lipinski definition) is 0. The van der Waals surface area contributed by atoms with Gasteiger partial charge in [0.25, 0.3) is 6.71 Å². The number of rotatable bonds is 1. The minimum atomic E-state index is 0.0142. The molecule has 0 N–H and O–H groups in total. The first-order chi connectivity index (χ1) is 22.8. The number of benzene rings is 6. The van der Waals surface area contributed by atoms with Crippen molar-refractivity contribution in [1.29, 1.82) is 0 Å². The van der Waals surface area contributed by atoms with Crippen LogP contribution in [-0.4, -0.2) is 25.8 Å². The molecule has 0 spiro atoms. The highest BCUT2D eigenvalue weighted by Gasteiger charge is 2.42. The maximum absolute atomic E-state index is 6.18. The van der Waals surface area contributed by atoms with Crippen molar-refractivity contribution in [3.05, 3.63) is 127 Å². The molecule has 12 rings (SSSR count). The summed E-state index contributed by atoms with van der Waals surface area (Å²) < 4.78 is 11.0. The first kappa shape index (κ1) is 23.3. The van der Waals surface area contributed by atoms with Crippen LogP contribution >= 0.6 is 0 Å². The lowest BCUT2D eigenvalue weighted by Crippen LogP contribution is -2.60. The Hall–Kier alpha value is -6.14. The molecule has 0 saturated carbocycles. The first-order valence-corrected chi connectivity index (χ1v) is 15.7. The van der Waals surface area contributed by atoms with Crippen LogP contribution in [0.2, 0.25) is 0 Å². The number of fused-ring (bicyclic) bond motifs is 13. The van der Waals surface area contributed by atoms with Gasteiger partial charge in [0.1, 0.15) is 22.8 Å². The van der Waals surface area contributed by atoms with E-state index in [9.17, 15) is 0 Å². The van der Waals surface area contributed by atoms with Gasteiger partial charge in [0.05, 0.1) is 22.1 Å². The fourth-order valence-corrected chi connectivity index (χ4v) is 8.51. The summed E-state index contributed by atoms with van der Waals surface area (Å²) in [6, 6.07) is 45.5. The zero-order valence-corrected chi connectivity index (χ0v) is 24.4. The van der Waals surface area contributed by atoms with E-state index in [-0.39, 0.29) is 6.71 Å². The van der Waals surface area contributed by atoms with Gasteiger partial charge in [-0.15, -0.1) is 0 Å². The van der Waals surface area contributed by atoms with E-state index in [1.807, 2.05) is 12.1 Å². The van der Waals surface area contributed by atoms with Gasteiger partial charge in [-0.3, -0.25) is 9.13 Å². The molecule has 6 heteroatoms. The summed E-state index contributed by atoms with van der Waals surface area (Å²) in [5.41, 5.74) is 11.3. The Bertz CT molecular complexity index is 2860. The lowest BCUT2D eigenvalue weighted by atomic mass is 9.35. The zero-order valence-electron chi connectivity index (χ0n) is 24.4. The number of furan rings is 1. The molecule has 5 nitrogen and oxygen atoms in total. The van der Waals surface area contributed by atoms with Gasteiger partial charge in [-0.2, -0.15) is 0 Å². The van der Waals surface area contributed by atoms with Crippen LogP contribution in [0.25, 0.3) is 88.6 Å². The molecule has 0 saturated heterocycles. The molecule has 0 bridgehead atoms. The van der Waals surface area contributed by atoms with E-state index < -0.39 is 0 Å². The van der Waals surface area contributed by atoms with Gasteiger partial charge < -0.3 is 4.42 Å². The van der Waals surface area contributed by atoms with E-state index in [2.05, 4.69) is 124 Å². The number of para-hydroxylation sites is 5. The highest BCUT2D eigenvalue weighted by molar-refractivity contribution is 7.00. The quantitative estimate of drug-likeness (QED) is 0.189. The van der Waals surface area contributed by atoms with E-state index in [0.29, 0.717) is 5.82 Å². The molecule has 6 aromatic carbocycles. The summed E-state index contributed by atoms with van der Waals surface area (Å²) >= 11 is 0. The topological polar surface area (TPSA) is 48.8 Å². The van der Waals surface area contributed by atoms with Crippen LogP contribution in [0.15, 0.2) is 132 Å². The summed E-state index contributed by atoms with van der Waals surface area (Å²) in [7, 11) is 0. The Morgan fingerprint density at radius 3 is 1.67 bits per heavy atom. The van der Waals surface area contributed by atoms with E-state index >= 15 is 0 Å². The molecule has 0 amide bonds. The monoisotopic (exact) mass is 584 g/mol. The van der Waals surface area contributed by atoms with Crippen LogP contribution in [-0.2, 0) is 0 Å². The third-order valence-corrected chi connectivity index (χ3v) is 10.3. The molecular formula is C40H21BN4O. The highest BCUT2D eigenvalue weighted by Crippen LogP contribution is 2.39. The van der Waals surface area contributed by atoms with Crippen LogP contribution in [0.3, 0.4) is 0 Å². The molecule has 210 valence electrons. The summed E-state index contributed by atoms with van der Waals surface area (Å²) in [6.45, 7) is 0.0142. The SMILES string of the molecule is c1ccc2c(c1)oc1ccc(-c3nc4c5c(n3)-n3c6ccccc6c6cccc(c63)B5c3cccc5c6ccccc6n-4c35)cc12. The second-order valence-corrected chi connectivity index (χ2v) is 12.5. The molecular weight excluding hydrogens is 563 g/mol. The smallest absolute Gasteiger partial charge is 0.256 e. The lowest BCUT2D eigenvalue weighted by molar-refractivity contribution is 0.669. The second-order valence-electron chi connectivity index (χ2n) is 12.5. The number of hydrogen-bond acceptors (Lipinski definition) is 3. The maximum Gasteiger partial charge on any atom is 0.256 e. The fraction of sp³-hybridized carbons (Fsp3) is 0. The van der Waals surface area contributed by atoms with Crippen molar-refractivity contribution in [2.75, 3.05) is 0 Å². The van der Waals surface area contributed by atoms with Gasteiger partial charge in [-0.25, -0.2) is 9.97 Å². The van der Waals surface area contributed by atoms with Gasteiger partial charge in [0, 0.05) is 43.3 Å². The van der Waals surface area contributed by atoms with E-state index in [4.69, 9.17) is 14.4 Å². The van der Waals surface area contributed by atoms with Crippen molar-refractivity contribution in [2.45, 2.75) is 0 Å². The molecule has 46 heavy (non-hydrogen) atoms. The third-order valence-electron chi connectivity index (χ3n) is 10.3. The molecule has 10 aromatic rings. The fourth-order valence-electron chi connectivity index (χ4n) is 8.51. The Balaban J connectivity index is 1.29. The van der Waals surface area contributed by atoms with E-state index in [1.165, 1.54) is 43.5 Å². The van der Waals surface area contributed by atoms with Gasteiger partial charge >= 0.3 is 0 Å². The molecule has 0 unspecified atom stereocenters. The Morgan fingerprint density at radius 2 is 1.02 bits per heavy atom. The number of nitrogens with zero attached hydrogens (tertiary/aromatic N) is 4. The Kier molecular flexibility index (Phi) is 4.01. The molecule has 0 fully saturated rings. The summed E-state index contributed by atoms with van der Waals surface area (Å²) in [4.78, 5) is 11.0. The van der Waals surface area contributed by atoms with Crippen molar-refractivity contribution in [3.63, 3.8) is 0 Å². The Labute approximate surface area is 262 Å². The van der Waals surface area contributed by atoms with Gasteiger partial charge in [-0.1, -0.05) is 91.0 Å². The average Bonchev–Trinajstić information content (AvgIpc) is 3.77. The minimum absolute atomic E-state index is 0.0142. The largest absolute Gasteiger partial charge is 0.456 e. The van der Waals surface area contributed by atoms with Crippen LogP contribution in [0.4, 0.5) is 0 Å². The molecule has 2 aliphatic rings. The summed E-state index contributed by atoms with van der Waals surface area (Å²) in [6.07, 6.45) is 0. The molecule has 4 aromatic heterocycles. The van der Waals surface area contributed by atoms with E-state index in [1.54, 1.807) is 0 Å². The van der Waals surface area contributed by atoms with Crippen LogP contribution in [0, 0.1) is 0 Å². The minimum Gasteiger partial charge on any atom is -0.456 e. The number of aromatic nitrogens is 4. The first-order valence-electron chi connectivity index (χ1n) is 15.7.